The fourth-order valence-electron chi connectivity index (χ4n) is 3.97. The molecule has 1 aliphatic rings. The van der Waals surface area contributed by atoms with Crippen LogP contribution in [-0.4, -0.2) is 21.6 Å². The molecule has 0 spiro atoms. The van der Waals surface area contributed by atoms with Crippen molar-refractivity contribution in [2.45, 2.75) is 38.8 Å². The number of hydrogen-bond acceptors (Lipinski definition) is 7. The van der Waals surface area contributed by atoms with Crippen molar-refractivity contribution in [1.29, 1.82) is 0 Å². The summed E-state index contributed by atoms with van der Waals surface area (Å²) in [6.45, 7) is 0.0961. The molecule has 3 aromatic heterocycles. The van der Waals surface area contributed by atoms with Gasteiger partial charge in [0.15, 0.2) is 0 Å². The SMILES string of the molecule is O=C(Cn1nc(-c2cccs2)oc1=O)Nc1sc2c(c1C(=O)NCc1ccccc1)CCCC2. The standard InChI is InChI=1S/C24H22N4O4S2/c29-19(14-28-24(31)32-22(27-28)18-11-6-12-33-18)26-23-20(16-9-4-5-10-17(16)34-23)21(30)25-13-15-7-2-1-3-8-15/h1-3,6-8,11-12H,4-5,9-10,13-14H2,(H,25,30)(H,26,29). The van der Waals surface area contributed by atoms with Gasteiger partial charge in [-0.1, -0.05) is 36.4 Å². The molecule has 0 atom stereocenters. The van der Waals surface area contributed by atoms with Crippen LogP contribution in [-0.2, 0) is 30.7 Å². The van der Waals surface area contributed by atoms with Gasteiger partial charge in [-0.2, -0.15) is 4.68 Å². The van der Waals surface area contributed by atoms with Crippen molar-refractivity contribution in [1.82, 2.24) is 15.1 Å². The average Bonchev–Trinajstić information content (AvgIpc) is 3.57. The second-order valence-corrected chi connectivity index (χ2v) is 9.99. The van der Waals surface area contributed by atoms with Crippen LogP contribution in [0.15, 0.2) is 57.1 Å². The van der Waals surface area contributed by atoms with Crippen LogP contribution in [0.5, 0.6) is 0 Å². The molecule has 0 fully saturated rings. The number of hydrogen-bond donors (Lipinski definition) is 2. The molecule has 0 saturated heterocycles. The number of thiophene rings is 2. The topological polar surface area (TPSA) is 106 Å². The summed E-state index contributed by atoms with van der Waals surface area (Å²) in [5.74, 6) is -1.17. The molecule has 10 heteroatoms. The van der Waals surface area contributed by atoms with Crippen molar-refractivity contribution in [3.8, 4) is 10.8 Å². The Balaban J connectivity index is 1.34. The van der Waals surface area contributed by atoms with Gasteiger partial charge in [0, 0.05) is 11.4 Å². The highest BCUT2D eigenvalue weighted by atomic mass is 32.1. The van der Waals surface area contributed by atoms with Gasteiger partial charge in [-0.25, -0.2) is 4.79 Å². The van der Waals surface area contributed by atoms with E-state index in [0.717, 1.165) is 46.4 Å². The van der Waals surface area contributed by atoms with Crippen LogP contribution in [0.1, 0.15) is 39.2 Å². The maximum atomic E-state index is 13.2. The number of carbonyl (C=O) groups is 2. The summed E-state index contributed by atoms with van der Waals surface area (Å²) in [6, 6.07) is 13.3. The van der Waals surface area contributed by atoms with E-state index in [4.69, 9.17) is 4.42 Å². The van der Waals surface area contributed by atoms with E-state index in [2.05, 4.69) is 15.7 Å². The number of benzene rings is 1. The molecule has 1 aromatic carbocycles. The van der Waals surface area contributed by atoms with Gasteiger partial charge in [-0.15, -0.1) is 27.8 Å². The Morgan fingerprint density at radius 1 is 1.09 bits per heavy atom. The Hall–Kier alpha value is -3.50. The zero-order chi connectivity index (χ0) is 23.5. The van der Waals surface area contributed by atoms with Crippen LogP contribution in [0.2, 0.25) is 0 Å². The quantitative estimate of drug-likeness (QED) is 0.403. The fourth-order valence-corrected chi connectivity index (χ4v) is 5.92. The van der Waals surface area contributed by atoms with Crippen molar-refractivity contribution < 1.29 is 14.0 Å². The van der Waals surface area contributed by atoms with Gasteiger partial charge in [-0.3, -0.25) is 9.59 Å². The summed E-state index contributed by atoms with van der Waals surface area (Å²) >= 11 is 2.83. The number of amides is 2. The highest BCUT2D eigenvalue weighted by Crippen LogP contribution is 2.38. The van der Waals surface area contributed by atoms with E-state index in [0.29, 0.717) is 22.0 Å². The number of nitrogens with zero attached hydrogens (tertiary/aromatic N) is 2. The van der Waals surface area contributed by atoms with Crippen LogP contribution in [0.4, 0.5) is 5.00 Å². The minimum Gasteiger partial charge on any atom is -0.387 e. The van der Waals surface area contributed by atoms with E-state index in [1.54, 1.807) is 6.07 Å². The van der Waals surface area contributed by atoms with Crippen LogP contribution >= 0.6 is 22.7 Å². The lowest BCUT2D eigenvalue weighted by Gasteiger charge is -2.13. The van der Waals surface area contributed by atoms with Crippen molar-refractivity contribution in [3.05, 3.63) is 80.0 Å². The molecule has 174 valence electrons. The van der Waals surface area contributed by atoms with Crippen molar-refractivity contribution >= 4 is 39.5 Å². The molecule has 0 saturated carbocycles. The van der Waals surface area contributed by atoms with Gasteiger partial charge in [0.1, 0.15) is 11.5 Å². The summed E-state index contributed by atoms with van der Waals surface area (Å²) in [7, 11) is 0. The van der Waals surface area contributed by atoms with E-state index < -0.39 is 11.7 Å². The maximum Gasteiger partial charge on any atom is 0.437 e. The lowest BCUT2D eigenvalue weighted by molar-refractivity contribution is -0.117. The predicted molar refractivity (Wildman–Crippen MR) is 131 cm³/mol. The number of nitrogens with one attached hydrogen (secondary N) is 2. The molecule has 1 aliphatic carbocycles. The largest absolute Gasteiger partial charge is 0.437 e. The summed E-state index contributed by atoms with van der Waals surface area (Å²) in [5, 5.41) is 12.3. The Morgan fingerprint density at radius 3 is 2.71 bits per heavy atom. The molecule has 5 rings (SSSR count). The van der Waals surface area contributed by atoms with Crippen LogP contribution in [0.3, 0.4) is 0 Å². The second kappa shape index (κ2) is 9.78. The Kier molecular flexibility index (Phi) is 6.41. The first-order valence-electron chi connectivity index (χ1n) is 11.0. The summed E-state index contributed by atoms with van der Waals surface area (Å²) in [4.78, 5) is 40.0. The van der Waals surface area contributed by atoms with Gasteiger partial charge in [0.25, 0.3) is 11.8 Å². The zero-order valence-corrected chi connectivity index (χ0v) is 19.8. The lowest BCUT2D eigenvalue weighted by Crippen LogP contribution is -2.28. The number of aromatic nitrogens is 2. The molecule has 2 amide bonds. The Labute approximate surface area is 203 Å². The van der Waals surface area contributed by atoms with Gasteiger partial charge >= 0.3 is 5.76 Å². The number of fused-ring (bicyclic) bond motifs is 1. The average molecular weight is 495 g/mol. The third-order valence-electron chi connectivity index (χ3n) is 5.58. The molecule has 3 heterocycles. The molecule has 0 unspecified atom stereocenters. The molecule has 8 nitrogen and oxygen atoms in total. The van der Waals surface area contributed by atoms with E-state index >= 15 is 0 Å². The molecule has 2 N–H and O–H groups in total. The third kappa shape index (κ3) is 4.73. The van der Waals surface area contributed by atoms with Crippen molar-refractivity contribution in [2.75, 3.05) is 5.32 Å². The van der Waals surface area contributed by atoms with E-state index in [1.165, 1.54) is 22.7 Å². The molecule has 34 heavy (non-hydrogen) atoms. The highest BCUT2D eigenvalue weighted by molar-refractivity contribution is 7.17. The van der Waals surface area contributed by atoms with E-state index in [-0.39, 0.29) is 18.3 Å². The van der Waals surface area contributed by atoms with Crippen LogP contribution in [0, 0.1) is 0 Å². The number of carbonyl (C=O) groups excluding carboxylic acids is 2. The first-order valence-corrected chi connectivity index (χ1v) is 12.7. The lowest BCUT2D eigenvalue weighted by atomic mass is 9.95. The van der Waals surface area contributed by atoms with Crippen LogP contribution in [0.25, 0.3) is 10.8 Å². The van der Waals surface area contributed by atoms with Crippen LogP contribution < -0.4 is 16.4 Å². The molecule has 0 aliphatic heterocycles. The number of rotatable bonds is 7. The fraction of sp³-hybridized carbons (Fsp3) is 0.250. The Morgan fingerprint density at radius 2 is 1.91 bits per heavy atom. The van der Waals surface area contributed by atoms with Gasteiger partial charge in [0.2, 0.25) is 5.91 Å². The molecular weight excluding hydrogens is 472 g/mol. The molecular formula is C24H22N4O4S2. The number of anilines is 1. The molecule has 0 radical (unpaired) electrons. The highest BCUT2D eigenvalue weighted by Gasteiger charge is 2.26. The van der Waals surface area contributed by atoms with Crippen molar-refractivity contribution in [3.63, 3.8) is 0 Å². The molecule has 0 bridgehead atoms. The van der Waals surface area contributed by atoms with E-state index in [9.17, 15) is 14.4 Å². The smallest absolute Gasteiger partial charge is 0.387 e. The third-order valence-corrected chi connectivity index (χ3v) is 7.64. The van der Waals surface area contributed by atoms with Gasteiger partial charge in [0.05, 0.1) is 10.4 Å². The van der Waals surface area contributed by atoms with E-state index in [1.807, 2.05) is 41.8 Å². The summed E-state index contributed by atoms with van der Waals surface area (Å²) in [6.07, 6.45) is 3.77. The zero-order valence-electron chi connectivity index (χ0n) is 18.2. The second-order valence-electron chi connectivity index (χ2n) is 7.94. The van der Waals surface area contributed by atoms with Gasteiger partial charge < -0.3 is 15.1 Å². The predicted octanol–water partition coefficient (Wildman–Crippen LogP) is 4.07. The Bertz CT molecular complexity index is 1370. The van der Waals surface area contributed by atoms with Gasteiger partial charge in [-0.05, 0) is 48.3 Å². The minimum absolute atomic E-state index is 0.181. The minimum atomic E-state index is -0.704. The summed E-state index contributed by atoms with van der Waals surface area (Å²) < 4.78 is 6.17. The first kappa shape index (κ1) is 22.3. The summed E-state index contributed by atoms with van der Waals surface area (Å²) in [5.41, 5.74) is 2.53. The molecule has 4 aromatic rings. The van der Waals surface area contributed by atoms with Crippen molar-refractivity contribution in [2.24, 2.45) is 0 Å². The number of aryl methyl sites for hydroxylation is 1. The normalized spacial score (nSPS) is 12.8. The first-order chi connectivity index (χ1) is 16.6. The maximum absolute atomic E-state index is 13.2. The monoisotopic (exact) mass is 494 g/mol.